The number of amides is 1. The number of nitrogens with two attached hydrogens (primary N) is 1. The Bertz CT molecular complexity index is 1180. The topological polar surface area (TPSA) is 128 Å². The predicted octanol–water partition coefficient (Wildman–Crippen LogP) is 3.69. The summed E-state index contributed by atoms with van der Waals surface area (Å²) in [4.78, 5) is 12.1. The van der Waals surface area contributed by atoms with Crippen LogP contribution in [0.3, 0.4) is 0 Å². The van der Waals surface area contributed by atoms with Crippen molar-refractivity contribution in [1.82, 2.24) is 15.5 Å². The largest absolute Gasteiger partial charge is 0.507 e. The second kappa shape index (κ2) is 8.89. The summed E-state index contributed by atoms with van der Waals surface area (Å²) in [6, 6.07) is 11.7. The minimum Gasteiger partial charge on any atom is -0.507 e. The molecule has 0 radical (unpaired) electrons. The number of aromatic amines is 1. The molecule has 0 spiro atoms. The predicted molar refractivity (Wildman–Crippen MR) is 127 cm³/mol. The van der Waals surface area contributed by atoms with E-state index in [9.17, 15) is 9.90 Å². The molecule has 8 heteroatoms. The average molecular weight is 431 g/mol. The fraction of sp³-hybridized carbons (Fsp3) is 0.167. The van der Waals surface area contributed by atoms with Gasteiger partial charge in [0.15, 0.2) is 5.82 Å². The second-order valence-corrected chi connectivity index (χ2v) is 7.75. The number of hydrogen-bond acceptors (Lipinski definition) is 6. The van der Waals surface area contributed by atoms with Gasteiger partial charge in [0.25, 0.3) is 5.91 Å². The van der Waals surface area contributed by atoms with Crippen molar-refractivity contribution in [1.29, 1.82) is 0 Å². The summed E-state index contributed by atoms with van der Waals surface area (Å²) >= 11 is 0. The number of aromatic hydroxyl groups is 1. The molecule has 1 aliphatic rings. The zero-order valence-electron chi connectivity index (χ0n) is 18.0. The zero-order valence-corrected chi connectivity index (χ0v) is 18.0. The van der Waals surface area contributed by atoms with Gasteiger partial charge >= 0.3 is 0 Å². The van der Waals surface area contributed by atoms with Gasteiger partial charge < -0.3 is 26.8 Å². The van der Waals surface area contributed by atoms with Gasteiger partial charge in [-0.05, 0) is 66.1 Å². The van der Waals surface area contributed by atoms with Crippen LogP contribution in [0.1, 0.15) is 32.6 Å². The SMILES string of the molecule is Cc1cc(CNc2n[nH]c(Nc3ccc(C4=CC=CNC4)cc3)c2C(N)=O)cc(C)c1O. The molecule has 3 aromatic rings. The average Bonchev–Trinajstić information content (AvgIpc) is 3.19. The van der Waals surface area contributed by atoms with Gasteiger partial charge in [-0.3, -0.25) is 9.89 Å². The monoisotopic (exact) mass is 430 g/mol. The fourth-order valence-electron chi connectivity index (χ4n) is 3.70. The Hall–Kier alpha value is -4.20. The van der Waals surface area contributed by atoms with Crippen LogP contribution < -0.4 is 21.7 Å². The summed E-state index contributed by atoms with van der Waals surface area (Å²) in [6.07, 6.45) is 5.97. The Labute approximate surface area is 186 Å². The van der Waals surface area contributed by atoms with Crippen LogP contribution in [0.15, 0.2) is 54.8 Å². The second-order valence-electron chi connectivity index (χ2n) is 7.75. The number of aromatic nitrogens is 2. The molecule has 4 rings (SSSR count). The fourth-order valence-corrected chi connectivity index (χ4v) is 3.70. The molecule has 2 heterocycles. The number of hydrogen-bond donors (Lipinski definition) is 6. The third kappa shape index (κ3) is 4.44. The molecule has 0 fully saturated rings. The van der Waals surface area contributed by atoms with Crippen molar-refractivity contribution in [2.24, 2.45) is 5.73 Å². The van der Waals surface area contributed by atoms with E-state index in [0.29, 0.717) is 18.2 Å². The number of H-pyrrole nitrogens is 1. The van der Waals surface area contributed by atoms with E-state index in [-0.39, 0.29) is 11.3 Å². The van der Waals surface area contributed by atoms with Crippen LogP contribution in [0.2, 0.25) is 0 Å². The van der Waals surface area contributed by atoms with Crippen LogP contribution in [-0.4, -0.2) is 27.8 Å². The standard InChI is InChI=1S/C24H26N6O2/c1-14-10-16(11-15(2)21(14)31)12-27-23-20(22(25)32)24(30-29-23)28-19-7-5-17(6-8-19)18-4-3-9-26-13-18/h3-11,26,31H,12-13H2,1-2H3,(H2,25,32)(H3,27,28,29,30). The highest BCUT2D eigenvalue weighted by Crippen LogP contribution is 2.27. The van der Waals surface area contributed by atoms with E-state index >= 15 is 0 Å². The van der Waals surface area contributed by atoms with Crippen LogP contribution in [-0.2, 0) is 6.54 Å². The molecule has 0 atom stereocenters. The highest BCUT2D eigenvalue weighted by atomic mass is 16.3. The molecular formula is C24H26N6O2. The molecule has 1 aromatic heterocycles. The van der Waals surface area contributed by atoms with Gasteiger partial charge in [-0.2, -0.15) is 5.10 Å². The molecule has 0 saturated heterocycles. The van der Waals surface area contributed by atoms with Crippen molar-refractivity contribution in [3.05, 3.63) is 82.6 Å². The molecule has 0 saturated carbocycles. The van der Waals surface area contributed by atoms with Crippen molar-refractivity contribution in [2.75, 3.05) is 17.2 Å². The van der Waals surface area contributed by atoms with E-state index in [2.05, 4.69) is 32.2 Å². The van der Waals surface area contributed by atoms with E-state index < -0.39 is 5.91 Å². The highest BCUT2D eigenvalue weighted by molar-refractivity contribution is 6.03. The summed E-state index contributed by atoms with van der Waals surface area (Å²) in [6.45, 7) is 4.91. The van der Waals surface area contributed by atoms with Gasteiger partial charge in [-0.25, -0.2) is 0 Å². The van der Waals surface area contributed by atoms with Gasteiger partial charge in [0.1, 0.15) is 17.1 Å². The lowest BCUT2D eigenvalue weighted by molar-refractivity contribution is 0.100. The lowest BCUT2D eigenvalue weighted by Gasteiger charge is -2.12. The summed E-state index contributed by atoms with van der Waals surface area (Å²) in [5.41, 5.74) is 11.6. The molecule has 1 amide bonds. The maximum absolute atomic E-state index is 12.1. The molecule has 0 bridgehead atoms. The smallest absolute Gasteiger partial charge is 0.256 e. The minimum atomic E-state index is -0.594. The zero-order chi connectivity index (χ0) is 22.7. The number of nitrogens with zero attached hydrogens (tertiary/aromatic N) is 1. The summed E-state index contributed by atoms with van der Waals surface area (Å²) < 4.78 is 0. The third-order valence-corrected chi connectivity index (χ3v) is 5.35. The van der Waals surface area contributed by atoms with Crippen molar-refractivity contribution >= 4 is 28.8 Å². The van der Waals surface area contributed by atoms with E-state index in [1.807, 2.05) is 62.5 Å². The van der Waals surface area contributed by atoms with Crippen molar-refractivity contribution in [3.63, 3.8) is 0 Å². The number of allylic oxidation sites excluding steroid dienone is 2. The minimum absolute atomic E-state index is 0.255. The van der Waals surface area contributed by atoms with Crippen molar-refractivity contribution in [2.45, 2.75) is 20.4 Å². The first-order valence-corrected chi connectivity index (χ1v) is 10.3. The molecule has 0 unspecified atom stereocenters. The first-order valence-electron chi connectivity index (χ1n) is 10.3. The van der Waals surface area contributed by atoms with E-state index in [0.717, 1.165) is 34.5 Å². The first-order chi connectivity index (χ1) is 15.4. The van der Waals surface area contributed by atoms with Crippen molar-refractivity contribution in [3.8, 4) is 5.75 Å². The Morgan fingerprint density at radius 1 is 1.19 bits per heavy atom. The molecular weight excluding hydrogens is 404 g/mol. The maximum atomic E-state index is 12.1. The molecule has 2 aromatic carbocycles. The maximum Gasteiger partial charge on any atom is 0.256 e. The number of phenolic OH excluding ortho intramolecular Hbond substituents is 1. The molecule has 7 N–H and O–H groups in total. The van der Waals surface area contributed by atoms with Crippen LogP contribution >= 0.6 is 0 Å². The Kier molecular flexibility index (Phi) is 5.85. The molecule has 32 heavy (non-hydrogen) atoms. The molecule has 0 aliphatic carbocycles. The summed E-state index contributed by atoms with van der Waals surface area (Å²) in [7, 11) is 0. The number of carbonyl (C=O) groups is 1. The number of anilines is 3. The number of phenols is 1. The van der Waals surface area contributed by atoms with E-state index in [1.54, 1.807) is 0 Å². The number of aryl methyl sites for hydroxylation is 2. The van der Waals surface area contributed by atoms with Crippen molar-refractivity contribution < 1.29 is 9.90 Å². The molecule has 8 nitrogen and oxygen atoms in total. The first kappa shape index (κ1) is 21.0. The molecule has 1 aliphatic heterocycles. The van der Waals surface area contributed by atoms with Gasteiger partial charge in [-0.1, -0.05) is 30.3 Å². The number of rotatable bonds is 7. The van der Waals surface area contributed by atoms with Gasteiger partial charge in [0, 0.05) is 18.8 Å². The van der Waals surface area contributed by atoms with Crippen LogP contribution in [0.25, 0.3) is 5.57 Å². The molecule has 164 valence electrons. The van der Waals surface area contributed by atoms with Crippen LogP contribution in [0, 0.1) is 13.8 Å². The van der Waals surface area contributed by atoms with Gasteiger partial charge in [0.05, 0.1) is 0 Å². The quantitative estimate of drug-likeness (QED) is 0.339. The van der Waals surface area contributed by atoms with Crippen LogP contribution in [0.5, 0.6) is 5.75 Å². The Morgan fingerprint density at radius 2 is 1.91 bits per heavy atom. The summed E-state index contributed by atoms with van der Waals surface area (Å²) in [5.74, 6) is 0.484. The highest BCUT2D eigenvalue weighted by Gasteiger charge is 2.19. The lowest BCUT2D eigenvalue weighted by atomic mass is 10.0. The number of nitrogens with one attached hydrogen (secondary N) is 4. The number of primary amides is 1. The van der Waals surface area contributed by atoms with E-state index in [1.165, 1.54) is 5.57 Å². The lowest BCUT2D eigenvalue weighted by Crippen LogP contribution is -2.15. The van der Waals surface area contributed by atoms with E-state index in [4.69, 9.17) is 5.73 Å². The number of benzene rings is 2. The van der Waals surface area contributed by atoms with Gasteiger partial charge in [-0.15, -0.1) is 0 Å². The van der Waals surface area contributed by atoms with Crippen LogP contribution in [0.4, 0.5) is 17.3 Å². The van der Waals surface area contributed by atoms with Gasteiger partial charge in [0.2, 0.25) is 0 Å². The Balaban J connectivity index is 1.50. The Morgan fingerprint density at radius 3 is 2.53 bits per heavy atom. The number of carbonyl (C=O) groups excluding carboxylic acids is 1. The number of dihydropyridines is 1. The normalized spacial score (nSPS) is 12.8. The third-order valence-electron chi connectivity index (χ3n) is 5.35. The summed E-state index contributed by atoms with van der Waals surface area (Å²) in [5, 5.41) is 26.6.